The van der Waals surface area contributed by atoms with E-state index in [1.165, 1.54) is 0 Å². The Morgan fingerprint density at radius 2 is 2.00 bits per heavy atom. The van der Waals surface area contributed by atoms with Gasteiger partial charge in [0.2, 0.25) is 0 Å². The first-order valence-electron chi connectivity index (χ1n) is 7.58. The molecule has 2 aromatic rings. The fourth-order valence-electron chi connectivity index (χ4n) is 2.69. The Kier molecular flexibility index (Phi) is 4.18. The zero-order valence-corrected chi connectivity index (χ0v) is 13.9. The van der Waals surface area contributed by atoms with Crippen molar-refractivity contribution in [2.24, 2.45) is 5.92 Å². The van der Waals surface area contributed by atoms with Gasteiger partial charge in [-0.25, -0.2) is 0 Å². The zero-order chi connectivity index (χ0) is 16.6. The number of amides is 1. The molecule has 4 nitrogen and oxygen atoms in total. The number of rotatable bonds is 3. The molecular weight excluding hydrogens is 312 g/mol. The van der Waals surface area contributed by atoms with Gasteiger partial charge < -0.3 is 15.4 Å². The molecule has 0 aliphatic carbocycles. The number of nitrogens with zero attached hydrogens (tertiary/aromatic N) is 1. The lowest BCUT2D eigenvalue weighted by molar-refractivity contribution is -0.128. The van der Waals surface area contributed by atoms with Gasteiger partial charge in [-0.3, -0.25) is 4.79 Å². The first-order valence-corrected chi connectivity index (χ1v) is 7.96. The Labute approximate surface area is 140 Å². The van der Waals surface area contributed by atoms with Gasteiger partial charge in [0.1, 0.15) is 5.75 Å². The lowest BCUT2D eigenvalue weighted by Gasteiger charge is -2.36. The normalized spacial score (nSPS) is 17.1. The lowest BCUT2D eigenvalue weighted by Crippen LogP contribution is -2.48. The van der Waals surface area contributed by atoms with E-state index in [1.54, 1.807) is 17.0 Å². The number of carbonyl (C=O) groups excluding carboxylic acids is 1. The maximum absolute atomic E-state index is 12.9. The molecular formula is C18H19ClN2O2. The van der Waals surface area contributed by atoms with Crippen molar-refractivity contribution in [3.05, 3.63) is 53.1 Å². The Hall–Kier alpha value is -2.20. The van der Waals surface area contributed by atoms with Crippen LogP contribution in [-0.4, -0.2) is 12.0 Å². The van der Waals surface area contributed by atoms with Crippen LogP contribution in [0.5, 0.6) is 5.75 Å². The summed E-state index contributed by atoms with van der Waals surface area (Å²) in [6.07, 6.45) is -0.521. The molecule has 2 N–H and O–H groups in total. The van der Waals surface area contributed by atoms with Crippen molar-refractivity contribution in [1.29, 1.82) is 0 Å². The Bertz CT molecular complexity index is 746. The number of carbonyl (C=O) groups is 1. The summed E-state index contributed by atoms with van der Waals surface area (Å²) in [5.41, 5.74) is 8.09. The molecule has 0 spiro atoms. The number of hydrogen-bond acceptors (Lipinski definition) is 3. The third kappa shape index (κ3) is 2.99. The molecule has 0 radical (unpaired) electrons. The second kappa shape index (κ2) is 6.13. The topological polar surface area (TPSA) is 55.6 Å². The molecule has 23 heavy (non-hydrogen) atoms. The van der Waals surface area contributed by atoms with Gasteiger partial charge in [-0.1, -0.05) is 43.6 Å². The van der Waals surface area contributed by atoms with Crippen LogP contribution in [0.3, 0.4) is 0 Å². The summed E-state index contributed by atoms with van der Waals surface area (Å²) in [7, 11) is 0. The third-order valence-corrected chi connectivity index (χ3v) is 4.30. The van der Waals surface area contributed by atoms with E-state index in [-0.39, 0.29) is 11.8 Å². The number of ether oxygens (including phenoxy) is 1. The summed E-state index contributed by atoms with van der Waals surface area (Å²) >= 11 is 6.25. The van der Waals surface area contributed by atoms with Crippen LogP contribution in [-0.2, 0) is 11.3 Å². The first-order chi connectivity index (χ1) is 11.0. The smallest absolute Gasteiger partial charge is 0.268 e. The molecule has 1 amide bonds. The van der Waals surface area contributed by atoms with Crippen LogP contribution in [0, 0.1) is 5.92 Å². The van der Waals surface area contributed by atoms with Gasteiger partial charge in [-0.15, -0.1) is 0 Å². The van der Waals surface area contributed by atoms with Crippen LogP contribution in [0.4, 0.5) is 11.4 Å². The Morgan fingerprint density at radius 1 is 1.26 bits per heavy atom. The van der Waals surface area contributed by atoms with E-state index >= 15 is 0 Å². The van der Waals surface area contributed by atoms with E-state index in [1.807, 2.05) is 44.2 Å². The molecule has 0 bridgehead atoms. The average molecular weight is 331 g/mol. The predicted molar refractivity (Wildman–Crippen MR) is 92.8 cm³/mol. The molecule has 0 fully saturated rings. The van der Waals surface area contributed by atoms with Crippen LogP contribution in [0.25, 0.3) is 0 Å². The summed E-state index contributed by atoms with van der Waals surface area (Å²) in [6, 6.07) is 12.9. The van der Waals surface area contributed by atoms with Gasteiger partial charge in [0.25, 0.3) is 5.91 Å². The van der Waals surface area contributed by atoms with Crippen molar-refractivity contribution in [1.82, 2.24) is 0 Å². The SMILES string of the molecule is CC(C)C1Oc2cc(N)ccc2N(Cc2ccccc2Cl)C1=O. The number of benzene rings is 2. The maximum atomic E-state index is 12.9. The Balaban J connectivity index is 2.03. The van der Waals surface area contributed by atoms with E-state index in [2.05, 4.69) is 0 Å². The van der Waals surface area contributed by atoms with Gasteiger partial charge in [-0.05, 0) is 29.7 Å². The second-order valence-electron chi connectivity index (χ2n) is 6.03. The van der Waals surface area contributed by atoms with Crippen LogP contribution >= 0.6 is 11.6 Å². The molecule has 1 unspecified atom stereocenters. The standard InChI is InChI=1S/C18H19ClN2O2/c1-11(2)17-18(22)21(10-12-5-3-4-6-14(12)19)15-8-7-13(20)9-16(15)23-17/h3-9,11,17H,10,20H2,1-2H3. The van der Waals surface area contributed by atoms with E-state index in [4.69, 9.17) is 22.1 Å². The van der Waals surface area contributed by atoms with Crippen LogP contribution in [0.1, 0.15) is 19.4 Å². The number of hydrogen-bond donors (Lipinski definition) is 1. The fourth-order valence-corrected chi connectivity index (χ4v) is 2.88. The summed E-state index contributed by atoms with van der Waals surface area (Å²) in [5, 5.41) is 0.643. The highest BCUT2D eigenvalue weighted by Gasteiger charge is 2.36. The van der Waals surface area contributed by atoms with Crippen molar-refractivity contribution in [3.8, 4) is 5.75 Å². The van der Waals surface area contributed by atoms with E-state index < -0.39 is 6.10 Å². The number of nitrogen functional groups attached to an aromatic ring is 1. The molecule has 1 atom stereocenters. The molecule has 120 valence electrons. The lowest BCUT2D eigenvalue weighted by atomic mass is 10.0. The van der Waals surface area contributed by atoms with Gasteiger partial charge in [0.05, 0.1) is 12.2 Å². The molecule has 5 heteroatoms. The van der Waals surface area contributed by atoms with Crippen molar-refractivity contribution in [3.63, 3.8) is 0 Å². The molecule has 1 aliphatic heterocycles. The highest BCUT2D eigenvalue weighted by Crippen LogP contribution is 2.38. The van der Waals surface area contributed by atoms with E-state index in [0.29, 0.717) is 23.0 Å². The predicted octanol–water partition coefficient (Wildman–Crippen LogP) is 3.87. The van der Waals surface area contributed by atoms with E-state index in [0.717, 1.165) is 11.3 Å². The number of fused-ring (bicyclic) bond motifs is 1. The van der Waals surface area contributed by atoms with Crippen LogP contribution in [0.15, 0.2) is 42.5 Å². The molecule has 1 aliphatic rings. The average Bonchev–Trinajstić information content (AvgIpc) is 2.51. The number of nitrogens with two attached hydrogens (primary N) is 1. The van der Waals surface area contributed by atoms with Gasteiger partial charge >= 0.3 is 0 Å². The van der Waals surface area contributed by atoms with Crippen molar-refractivity contribution in [2.45, 2.75) is 26.5 Å². The maximum Gasteiger partial charge on any atom is 0.268 e. The highest BCUT2D eigenvalue weighted by molar-refractivity contribution is 6.31. The van der Waals surface area contributed by atoms with Crippen molar-refractivity contribution < 1.29 is 9.53 Å². The first kappa shape index (κ1) is 15.7. The molecule has 0 saturated carbocycles. The van der Waals surface area contributed by atoms with Gasteiger partial charge in [0.15, 0.2) is 6.10 Å². The van der Waals surface area contributed by atoms with Crippen LogP contribution < -0.4 is 15.4 Å². The van der Waals surface area contributed by atoms with Crippen molar-refractivity contribution >= 4 is 28.9 Å². The summed E-state index contributed by atoms with van der Waals surface area (Å²) < 4.78 is 5.88. The number of halogens is 1. The largest absolute Gasteiger partial charge is 0.478 e. The minimum Gasteiger partial charge on any atom is -0.478 e. The molecule has 0 aromatic heterocycles. The summed E-state index contributed by atoms with van der Waals surface area (Å²) in [5.74, 6) is 0.637. The van der Waals surface area contributed by atoms with Crippen LogP contribution in [0.2, 0.25) is 5.02 Å². The Morgan fingerprint density at radius 3 is 2.70 bits per heavy atom. The highest BCUT2D eigenvalue weighted by atomic mass is 35.5. The van der Waals surface area contributed by atoms with E-state index in [9.17, 15) is 4.79 Å². The summed E-state index contributed by atoms with van der Waals surface area (Å²) in [4.78, 5) is 14.6. The van der Waals surface area contributed by atoms with Gasteiger partial charge in [-0.2, -0.15) is 0 Å². The minimum atomic E-state index is -0.521. The molecule has 3 rings (SSSR count). The molecule has 0 saturated heterocycles. The minimum absolute atomic E-state index is 0.0582. The monoisotopic (exact) mass is 330 g/mol. The summed E-state index contributed by atoms with van der Waals surface area (Å²) in [6.45, 7) is 4.34. The fraction of sp³-hybridized carbons (Fsp3) is 0.278. The third-order valence-electron chi connectivity index (χ3n) is 3.93. The number of anilines is 2. The van der Waals surface area contributed by atoms with Crippen molar-refractivity contribution in [2.75, 3.05) is 10.6 Å². The molecule has 2 aromatic carbocycles. The molecule has 1 heterocycles. The second-order valence-corrected chi connectivity index (χ2v) is 6.43. The zero-order valence-electron chi connectivity index (χ0n) is 13.1. The van der Waals surface area contributed by atoms with Gasteiger partial charge in [0, 0.05) is 16.8 Å². The quantitative estimate of drug-likeness (QED) is 0.869.